The van der Waals surface area contributed by atoms with Gasteiger partial charge in [-0.1, -0.05) is 24.4 Å². The van der Waals surface area contributed by atoms with E-state index in [1.807, 2.05) is 0 Å². The number of halogens is 1. The van der Waals surface area contributed by atoms with Gasteiger partial charge in [-0.25, -0.2) is 13.1 Å². The zero-order valence-corrected chi connectivity index (χ0v) is 12.9. The molecule has 0 saturated heterocycles. The van der Waals surface area contributed by atoms with Crippen molar-refractivity contribution in [3.05, 3.63) is 20.5 Å². The summed E-state index contributed by atoms with van der Waals surface area (Å²) < 4.78 is 25.8. The highest BCUT2D eigenvalue weighted by Gasteiger charge is 2.24. The second-order valence-corrected chi connectivity index (χ2v) is 7.67. The summed E-state index contributed by atoms with van der Waals surface area (Å²) in [6.07, 6.45) is 2.96. The normalized spacial score (nSPS) is 11.7. The van der Waals surface area contributed by atoms with E-state index in [-0.39, 0.29) is 21.7 Å². The summed E-state index contributed by atoms with van der Waals surface area (Å²) in [5.41, 5.74) is -0.403. The molecule has 10 heteroatoms. The summed E-state index contributed by atoms with van der Waals surface area (Å²) in [5.74, 6) is 0. The van der Waals surface area contributed by atoms with Crippen LogP contribution in [0.25, 0.3) is 0 Å². The smallest absolute Gasteiger partial charge is 0.300 e. The molecule has 7 nitrogen and oxygen atoms in total. The molecule has 0 amide bonds. The lowest BCUT2D eigenvalue weighted by Crippen LogP contribution is -2.24. The highest BCUT2D eigenvalue weighted by Crippen LogP contribution is 2.36. The van der Waals surface area contributed by atoms with Crippen LogP contribution in [0.1, 0.15) is 25.7 Å². The molecular weight excluding hydrogens is 328 g/mol. The SMILES string of the molecule is O=[N+]([O-])c1cc(S(=O)(=O)NCCCCCCO)sc1Cl. The van der Waals surface area contributed by atoms with Gasteiger partial charge in [-0.15, -0.1) is 11.3 Å². The molecule has 1 aromatic rings. The minimum Gasteiger partial charge on any atom is -0.396 e. The van der Waals surface area contributed by atoms with Crippen LogP contribution in [0.5, 0.6) is 0 Å². The summed E-state index contributed by atoms with van der Waals surface area (Å²) in [6.45, 7) is 0.375. The van der Waals surface area contributed by atoms with Gasteiger partial charge in [0.1, 0.15) is 4.21 Å². The predicted octanol–water partition coefficient (Wildman–Crippen LogP) is 2.14. The van der Waals surface area contributed by atoms with Crippen molar-refractivity contribution >= 4 is 38.6 Å². The molecule has 114 valence electrons. The Morgan fingerprint density at radius 2 is 2.00 bits per heavy atom. The number of nitrogens with one attached hydrogen (secondary N) is 1. The Kier molecular flexibility index (Phi) is 6.83. The maximum Gasteiger partial charge on any atom is 0.300 e. The zero-order valence-electron chi connectivity index (χ0n) is 10.5. The molecule has 0 unspecified atom stereocenters. The first kappa shape index (κ1) is 17.3. The summed E-state index contributed by atoms with van der Waals surface area (Å²) in [7, 11) is -3.76. The number of aliphatic hydroxyl groups is 1. The highest BCUT2D eigenvalue weighted by molar-refractivity contribution is 7.91. The Labute approximate surface area is 125 Å². The van der Waals surface area contributed by atoms with Gasteiger partial charge < -0.3 is 5.11 Å². The fourth-order valence-corrected chi connectivity index (χ4v) is 4.25. The number of aliphatic hydroxyl groups excluding tert-OH is 1. The van der Waals surface area contributed by atoms with Gasteiger partial charge in [0.25, 0.3) is 5.69 Å². The zero-order chi connectivity index (χ0) is 15.2. The van der Waals surface area contributed by atoms with Crippen LogP contribution < -0.4 is 4.72 Å². The molecule has 1 heterocycles. The first-order chi connectivity index (χ1) is 9.38. The Balaban J connectivity index is 2.56. The Hall–Kier alpha value is -0.740. The number of hydrogen-bond donors (Lipinski definition) is 2. The molecule has 1 aromatic heterocycles. The highest BCUT2D eigenvalue weighted by atomic mass is 35.5. The molecule has 0 atom stereocenters. The van der Waals surface area contributed by atoms with Crippen molar-refractivity contribution in [2.24, 2.45) is 0 Å². The van der Waals surface area contributed by atoms with Crippen LogP contribution in [0.3, 0.4) is 0 Å². The van der Waals surface area contributed by atoms with Gasteiger partial charge in [-0.05, 0) is 12.8 Å². The van der Waals surface area contributed by atoms with Crippen molar-refractivity contribution in [1.29, 1.82) is 0 Å². The third-order valence-electron chi connectivity index (χ3n) is 2.48. The number of sulfonamides is 1. The average molecular weight is 343 g/mol. The van der Waals surface area contributed by atoms with Gasteiger partial charge in [-0.3, -0.25) is 10.1 Å². The molecule has 0 aromatic carbocycles. The number of unbranched alkanes of at least 4 members (excludes halogenated alkanes) is 3. The lowest BCUT2D eigenvalue weighted by Gasteiger charge is -2.03. The molecule has 2 N–H and O–H groups in total. The molecule has 0 aliphatic carbocycles. The maximum absolute atomic E-state index is 11.9. The molecule has 0 saturated carbocycles. The number of thiophene rings is 1. The van der Waals surface area contributed by atoms with Crippen LogP contribution in [-0.4, -0.2) is 31.6 Å². The molecular formula is C10H15ClN2O5S2. The van der Waals surface area contributed by atoms with Crippen LogP contribution >= 0.6 is 22.9 Å². The van der Waals surface area contributed by atoms with Gasteiger partial charge in [0, 0.05) is 19.2 Å². The van der Waals surface area contributed by atoms with E-state index in [0.717, 1.165) is 18.9 Å². The summed E-state index contributed by atoms with van der Waals surface area (Å²) in [6, 6.07) is 0.959. The van der Waals surface area contributed by atoms with E-state index >= 15 is 0 Å². The van der Waals surface area contributed by atoms with Crippen molar-refractivity contribution in [1.82, 2.24) is 4.72 Å². The Bertz CT molecular complexity index is 558. The van der Waals surface area contributed by atoms with Crippen LogP contribution in [0, 0.1) is 10.1 Å². The van der Waals surface area contributed by atoms with Crippen molar-refractivity contribution in [3.63, 3.8) is 0 Å². The van der Waals surface area contributed by atoms with E-state index in [0.29, 0.717) is 24.2 Å². The number of nitro groups is 1. The molecule has 0 aliphatic rings. The van der Waals surface area contributed by atoms with Gasteiger partial charge in [0.2, 0.25) is 10.0 Å². The molecule has 1 rings (SSSR count). The van der Waals surface area contributed by atoms with Gasteiger partial charge >= 0.3 is 0 Å². The molecule has 0 radical (unpaired) electrons. The van der Waals surface area contributed by atoms with Gasteiger partial charge in [0.15, 0.2) is 4.34 Å². The lowest BCUT2D eigenvalue weighted by molar-refractivity contribution is -0.384. The Morgan fingerprint density at radius 3 is 2.55 bits per heavy atom. The van der Waals surface area contributed by atoms with Gasteiger partial charge in [0.05, 0.1) is 4.92 Å². The van der Waals surface area contributed by atoms with E-state index < -0.39 is 20.6 Å². The van der Waals surface area contributed by atoms with E-state index in [9.17, 15) is 18.5 Å². The predicted molar refractivity (Wildman–Crippen MR) is 76.7 cm³/mol. The van der Waals surface area contributed by atoms with Gasteiger partial charge in [-0.2, -0.15) is 0 Å². The molecule has 0 bridgehead atoms. The third-order valence-corrected chi connectivity index (χ3v) is 5.76. The second-order valence-electron chi connectivity index (χ2n) is 4.02. The van der Waals surface area contributed by atoms with Crippen LogP contribution in [0.2, 0.25) is 4.34 Å². The van der Waals surface area contributed by atoms with E-state index in [2.05, 4.69) is 4.72 Å². The standard InChI is InChI=1S/C10H15ClN2O5S2/c11-10-8(13(15)16)7-9(19-10)20(17,18)12-5-3-1-2-4-6-14/h7,12,14H,1-6H2. The van der Waals surface area contributed by atoms with Crippen LogP contribution in [-0.2, 0) is 10.0 Å². The fraction of sp³-hybridized carbons (Fsp3) is 0.600. The molecule has 0 spiro atoms. The van der Waals surface area contributed by atoms with Crippen molar-refractivity contribution < 1.29 is 18.4 Å². The van der Waals surface area contributed by atoms with Crippen molar-refractivity contribution in [2.45, 2.75) is 29.9 Å². The number of rotatable bonds is 9. The first-order valence-electron chi connectivity index (χ1n) is 5.92. The average Bonchev–Trinajstić information content (AvgIpc) is 2.76. The van der Waals surface area contributed by atoms with E-state index in [4.69, 9.17) is 16.7 Å². The molecule has 0 fully saturated rings. The minimum absolute atomic E-state index is 0.128. The van der Waals surface area contributed by atoms with Crippen molar-refractivity contribution in [3.8, 4) is 0 Å². The topological polar surface area (TPSA) is 110 Å². The van der Waals surface area contributed by atoms with Crippen LogP contribution in [0.4, 0.5) is 5.69 Å². The quantitative estimate of drug-likeness (QED) is 0.406. The summed E-state index contributed by atoms with van der Waals surface area (Å²) >= 11 is 6.29. The van der Waals surface area contributed by atoms with Crippen molar-refractivity contribution in [2.75, 3.05) is 13.2 Å². The molecule has 0 aliphatic heterocycles. The number of hydrogen-bond acceptors (Lipinski definition) is 6. The largest absolute Gasteiger partial charge is 0.396 e. The lowest BCUT2D eigenvalue weighted by atomic mass is 10.2. The summed E-state index contributed by atoms with van der Waals surface area (Å²) in [5, 5.41) is 19.2. The fourth-order valence-electron chi connectivity index (χ4n) is 1.46. The third kappa shape index (κ3) is 4.98. The molecule has 20 heavy (non-hydrogen) atoms. The number of nitrogens with zero attached hydrogens (tertiary/aromatic N) is 1. The monoisotopic (exact) mass is 342 g/mol. The second kappa shape index (κ2) is 7.89. The van der Waals surface area contributed by atoms with E-state index in [1.165, 1.54) is 0 Å². The van der Waals surface area contributed by atoms with E-state index in [1.54, 1.807) is 0 Å². The Morgan fingerprint density at radius 1 is 1.35 bits per heavy atom. The first-order valence-corrected chi connectivity index (χ1v) is 8.60. The minimum atomic E-state index is -3.76. The maximum atomic E-state index is 11.9. The van der Waals surface area contributed by atoms with Crippen LogP contribution in [0.15, 0.2) is 10.3 Å². The summed E-state index contributed by atoms with van der Waals surface area (Å²) in [4.78, 5) is 9.90.